The summed E-state index contributed by atoms with van der Waals surface area (Å²) < 4.78 is 6.39. The summed E-state index contributed by atoms with van der Waals surface area (Å²) in [5, 5.41) is 14.5. The van der Waals surface area contributed by atoms with Crippen LogP contribution in [0.25, 0.3) is 0 Å². The van der Waals surface area contributed by atoms with E-state index in [0.29, 0.717) is 12.2 Å². The van der Waals surface area contributed by atoms with Crippen molar-refractivity contribution in [3.63, 3.8) is 0 Å². The number of para-hydroxylation sites is 1. The molecular weight excluding hydrogens is 352 g/mol. The molecule has 0 aliphatic rings. The van der Waals surface area contributed by atoms with Crippen molar-refractivity contribution < 1.29 is 14.5 Å². The van der Waals surface area contributed by atoms with Gasteiger partial charge in [-0.1, -0.05) is 39.3 Å². The number of oxime groups is 1. The SMILES string of the molecule is O=[N+]([O-])c1ccccc1/C=N/OCCOc1cccc(Br)c1. The van der Waals surface area contributed by atoms with Crippen molar-refractivity contribution in [1.82, 2.24) is 0 Å². The first-order valence-corrected chi connectivity index (χ1v) is 7.23. The number of nitro benzene ring substituents is 1. The van der Waals surface area contributed by atoms with Crippen LogP contribution in [0, 0.1) is 10.1 Å². The quantitative estimate of drug-likeness (QED) is 0.324. The van der Waals surface area contributed by atoms with Gasteiger partial charge in [0.15, 0.2) is 6.61 Å². The molecule has 0 amide bonds. The Kier molecular flexibility index (Phi) is 5.91. The fourth-order valence-electron chi connectivity index (χ4n) is 1.66. The normalized spacial score (nSPS) is 10.6. The summed E-state index contributed by atoms with van der Waals surface area (Å²) in [6, 6.07) is 13.8. The van der Waals surface area contributed by atoms with Crippen molar-refractivity contribution in [1.29, 1.82) is 0 Å². The Hall–Kier alpha value is -2.41. The molecule has 0 aromatic heterocycles. The van der Waals surface area contributed by atoms with Crippen LogP contribution in [0.4, 0.5) is 5.69 Å². The molecule has 0 aliphatic carbocycles. The first-order chi connectivity index (χ1) is 10.7. The monoisotopic (exact) mass is 364 g/mol. The van der Waals surface area contributed by atoms with Crippen LogP contribution >= 0.6 is 15.9 Å². The summed E-state index contributed by atoms with van der Waals surface area (Å²) in [6.07, 6.45) is 1.32. The van der Waals surface area contributed by atoms with E-state index in [1.54, 1.807) is 18.2 Å². The molecule has 0 fully saturated rings. The van der Waals surface area contributed by atoms with Gasteiger partial charge in [-0.25, -0.2) is 0 Å². The van der Waals surface area contributed by atoms with Crippen molar-refractivity contribution in [2.24, 2.45) is 5.16 Å². The van der Waals surface area contributed by atoms with Crippen molar-refractivity contribution >= 4 is 27.8 Å². The maximum Gasteiger partial charge on any atom is 0.278 e. The second-order valence-corrected chi connectivity index (χ2v) is 5.11. The third-order valence-corrected chi connectivity index (χ3v) is 3.13. The average Bonchev–Trinajstić information content (AvgIpc) is 2.51. The zero-order valence-electron chi connectivity index (χ0n) is 11.5. The van der Waals surface area contributed by atoms with Crippen LogP contribution < -0.4 is 4.74 Å². The highest BCUT2D eigenvalue weighted by molar-refractivity contribution is 9.10. The lowest BCUT2D eigenvalue weighted by Crippen LogP contribution is -2.04. The van der Waals surface area contributed by atoms with Gasteiger partial charge in [0.25, 0.3) is 5.69 Å². The first-order valence-electron chi connectivity index (χ1n) is 6.44. The zero-order chi connectivity index (χ0) is 15.8. The fourth-order valence-corrected chi connectivity index (χ4v) is 2.04. The fraction of sp³-hybridized carbons (Fsp3) is 0.133. The summed E-state index contributed by atoms with van der Waals surface area (Å²) in [6.45, 7) is 0.564. The molecule has 0 spiro atoms. The maximum absolute atomic E-state index is 10.8. The number of benzene rings is 2. The third-order valence-electron chi connectivity index (χ3n) is 2.64. The Balaban J connectivity index is 1.78. The van der Waals surface area contributed by atoms with Crippen LogP contribution in [-0.4, -0.2) is 24.4 Å². The van der Waals surface area contributed by atoms with Crippen LogP contribution in [0.2, 0.25) is 0 Å². The lowest BCUT2D eigenvalue weighted by molar-refractivity contribution is -0.385. The van der Waals surface area contributed by atoms with Crippen LogP contribution in [0.15, 0.2) is 58.2 Å². The maximum atomic E-state index is 10.8. The second kappa shape index (κ2) is 8.14. The van der Waals surface area contributed by atoms with Crippen molar-refractivity contribution in [3.8, 4) is 5.75 Å². The minimum Gasteiger partial charge on any atom is -0.490 e. The summed E-state index contributed by atoms with van der Waals surface area (Å²) in [5.41, 5.74) is 0.376. The summed E-state index contributed by atoms with van der Waals surface area (Å²) in [5.74, 6) is 0.723. The zero-order valence-corrected chi connectivity index (χ0v) is 13.1. The molecule has 0 radical (unpaired) electrons. The molecule has 2 aromatic carbocycles. The Morgan fingerprint density at radius 1 is 1.18 bits per heavy atom. The van der Waals surface area contributed by atoms with Gasteiger partial charge in [0.2, 0.25) is 0 Å². The van der Waals surface area contributed by atoms with E-state index in [0.717, 1.165) is 10.2 Å². The van der Waals surface area contributed by atoms with Crippen LogP contribution in [0.5, 0.6) is 5.75 Å². The average molecular weight is 365 g/mol. The molecule has 22 heavy (non-hydrogen) atoms. The number of nitro groups is 1. The summed E-state index contributed by atoms with van der Waals surface area (Å²) >= 11 is 3.35. The first kappa shape index (κ1) is 16.0. The van der Waals surface area contributed by atoms with Gasteiger partial charge in [0.05, 0.1) is 16.7 Å². The topological polar surface area (TPSA) is 74.0 Å². The molecule has 114 valence electrons. The molecule has 0 unspecified atom stereocenters. The summed E-state index contributed by atoms with van der Waals surface area (Å²) in [4.78, 5) is 15.4. The Bertz CT molecular complexity index is 676. The standard InChI is InChI=1S/C15H13BrN2O4/c16-13-5-3-6-14(10-13)21-8-9-22-17-11-12-4-1-2-7-15(12)18(19)20/h1-7,10-11H,8-9H2/b17-11+. The lowest BCUT2D eigenvalue weighted by Gasteiger charge is -2.05. The molecule has 7 heteroatoms. The predicted octanol–water partition coefficient (Wildman–Crippen LogP) is 3.79. The van der Waals surface area contributed by atoms with Crippen LogP contribution in [0.3, 0.4) is 0 Å². The molecule has 0 aliphatic heterocycles. The van der Waals surface area contributed by atoms with Gasteiger partial charge in [-0.2, -0.15) is 0 Å². The highest BCUT2D eigenvalue weighted by Crippen LogP contribution is 2.17. The molecule has 2 aromatic rings. The largest absolute Gasteiger partial charge is 0.490 e. The molecule has 0 bridgehead atoms. The van der Waals surface area contributed by atoms with Gasteiger partial charge in [-0.15, -0.1) is 0 Å². The van der Waals surface area contributed by atoms with Gasteiger partial charge in [-0.05, 0) is 24.3 Å². The Morgan fingerprint density at radius 2 is 2.00 bits per heavy atom. The van der Waals surface area contributed by atoms with Crippen molar-refractivity contribution in [2.75, 3.05) is 13.2 Å². The molecule has 2 rings (SSSR count). The minimum atomic E-state index is -0.461. The predicted molar refractivity (Wildman–Crippen MR) is 86.3 cm³/mol. The number of halogens is 1. The number of hydrogen-bond donors (Lipinski definition) is 0. The third kappa shape index (κ3) is 4.85. The minimum absolute atomic E-state index is 0.0137. The van der Waals surface area contributed by atoms with E-state index >= 15 is 0 Å². The summed E-state index contributed by atoms with van der Waals surface area (Å²) in [7, 11) is 0. The molecule has 0 atom stereocenters. The molecule has 0 heterocycles. The highest BCUT2D eigenvalue weighted by Gasteiger charge is 2.09. The van der Waals surface area contributed by atoms with E-state index in [-0.39, 0.29) is 12.3 Å². The molecular formula is C15H13BrN2O4. The van der Waals surface area contributed by atoms with Gasteiger partial charge in [-0.3, -0.25) is 10.1 Å². The highest BCUT2D eigenvalue weighted by atomic mass is 79.9. The smallest absolute Gasteiger partial charge is 0.278 e. The van der Waals surface area contributed by atoms with Gasteiger partial charge in [0, 0.05) is 10.5 Å². The van der Waals surface area contributed by atoms with Crippen molar-refractivity contribution in [3.05, 3.63) is 68.7 Å². The molecule has 0 saturated heterocycles. The number of rotatable bonds is 7. The second-order valence-electron chi connectivity index (χ2n) is 4.19. The van der Waals surface area contributed by atoms with Crippen LogP contribution in [-0.2, 0) is 4.84 Å². The molecule has 6 nitrogen and oxygen atoms in total. The number of ether oxygens (including phenoxy) is 1. The van der Waals surface area contributed by atoms with Gasteiger partial charge < -0.3 is 9.57 Å². The van der Waals surface area contributed by atoms with E-state index < -0.39 is 4.92 Å². The van der Waals surface area contributed by atoms with Gasteiger partial charge >= 0.3 is 0 Å². The van der Waals surface area contributed by atoms with E-state index in [1.807, 2.05) is 24.3 Å². The number of nitrogens with zero attached hydrogens (tertiary/aromatic N) is 2. The molecule has 0 N–H and O–H groups in total. The van der Waals surface area contributed by atoms with Gasteiger partial charge in [0.1, 0.15) is 12.4 Å². The Morgan fingerprint density at radius 3 is 2.77 bits per heavy atom. The Labute approximate surface area is 135 Å². The number of hydrogen-bond acceptors (Lipinski definition) is 5. The van der Waals surface area contributed by atoms with E-state index in [2.05, 4.69) is 21.1 Å². The molecule has 0 saturated carbocycles. The lowest BCUT2D eigenvalue weighted by atomic mass is 10.2. The van der Waals surface area contributed by atoms with E-state index in [9.17, 15) is 10.1 Å². The van der Waals surface area contributed by atoms with Crippen molar-refractivity contribution in [2.45, 2.75) is 0 Å². The van der Waals surface area contributed by atoms with E-state index in [1.165, 1.54) is 12.3 Å². The van der Waals surface area contributed by atoms with E-state index in [4.69, 9.17) is 9.57 Å². The van der Waals surface area contributed by atoms with Crippen LogP contribution in [0.1, 0.15) is 5.56 Å².